The van der Waals surface area contributed by atoms with Crippen molar-refractivity contribution in [2.24, 2.45) is 17.3 Å². The molecule has 4 nitrogen and oxygen atoms in total. The maximum absolute atomic E-state index is 10.3. The van der Waals surface area contributed by atoms with E-state index in [9.17, 15) is 5.11 Å². The number of nitrogens with one attached hydrogen (secondary N) is 1. The van der Waals surface area contributed by atoms with Crippen molar-refractivity contribution in [3.05, 3.63) is 47.5 Å². The molecule has 0 radical (unpaired) electrons. The van der Waals surface area contributed by atoms with Crippen LogP contribution in [0, 0.1) is 17.3 Å². The predicted octanol–water partition coefficient (Wildman–Crippen LogP) is 3.25. The molecule has 0 aliphatic heterocycles. The number of allylic oxidation sites excluding steroid dienone is 1. The summed E-state index contributed by atoms with van der Waals surface area (Å²) in [7, 11) is 4.17. The molecular formula is C23H36N2O2. The van der Waals surface area contributed by atoms with Gasteiger partial charge in [0.25, 0.3) is 0 Å². The van der Waals surface area contributed by atoms with Crippen molar-refractivity contribution >= 4 is 0 Å². The number of hydrogen-bond donors (Lipinski definition) is 2. The van der Waals surface area contributed by atoms with Crippen LogP contribution < -0.4 is 5.32 Å². The Kier molecular flexibility index (Phi) is 6.74. The van der Waals surface area contributed by atoms with Gasteiger partial charge in [-0.3, -0.25) is 0 Å². The smallest absolute Gasteiger partial charge is 0.0897 e. The highest BCUT2D eigenvalue weighted by Gasteiger charge is 2.50. The Morgan fingerprint density at radius 3 is 2.59 bits per heavy atom. The van der Waals surface area contributed by atoms with Crippen molar-refractivity contribution in [3.8, 4) is 0 Å². The summed E-state index contributed by atoms with van der Waals surface area (Å²) < 4.78 is 5.84. The van der Waals surface area contributed by atoms with Gasteiger partial charge in [0, 0.05) is 19.1 Å². The van der Waals surface area contributed by atoms with Crippen LogP contribution in [-0.4, -0.2) is 56.5 Å². The molecule has 4 heteroatoms. The number of likely N-dealkylation sites (N-methyl/N-ethyl adjacent to an activating group) is 1. The SMILES string of the molecule is CN(C)[C@H](CNC[C@H](O)COCC1=CC[C@H]2C[C@H]1C2(C)C)c1ccccc1. The molecule has 0 amide bonds. The van der Waals surface area contributed by atoms with E-state index in [1.807, 2.05) is 6.07 Å². The average molecular weight is 373 g/mol. The molecule has 27 heavy (non-hydrogen) atoms. The van der Waals surface area contributed by atoms with Crippen LogP contribution in [0.3, 0.4) is 0 Å². The van der Waals surface area contributed by atoms with Crippen molar-refractivity contribution < 1.29 is 9.84 Å². The molecule has 2 N–H and O–H groups in total. The van der Waals surface area contributed by atoms with Crippen molar-refractivity contribution in [1.29, 1.82) is 0 Å². The Labute approximate surface area is 164 Å². The van der Waals surface area contributed by atoms with E-state index in [1.54, 1.807) is 0 Å². The summed E-state index contributed by atoms with van der Waals surface area (Å²) in [5.41, 5.74) is 3.16. The molecular weight excluding hydrogens is 336 g/mol. The highest BCUT2D eigenvalue weighted by atomic mass is 16.5. The highest BCUT2D eigenvalue weighted by Crippen LogP contribution is 2.59. The molecule has 150 valence electrons. The molecule has 1 fully saturated rings. The highest BCUT2D eigenvalue weighted by molar-refractivity contribution is 5.23. The lowest BCUT2D eigenvalue weighted by Gasteiger charge is -2.56. The summed E-state index contributed by atoms with van der Waals surface area (Å²) >= 11 is 0. The molecule has 0 spiro atoms. The van der Waals surface area contributed by atoms with Gasteiger partial charge in [-0.15, -0.1) is 0 Å². The molecule has 0 unspecified atom stereocenters. The third-order valence-corrected chi connectivity index (χ3v) is 6.69. The third kappa shape index (κ3) is 4.80. The maximum Gasteiger partial charge on any atom is 0.0897 e. The first-order valence-corrected chi connectivity index (χ1v) is 10.3. The Bertz CT molecular complexity index is 627. The Hall–Kier alpha value is -1.20. The van der Waals surface area contributed by atoms with Crippen LogP contribution in [0.25, 0.3) is 0 Å². The van der Waals surface area contributed by atoms with Crippen molar-refractivity contribution in [1.82, 2.24) is 10.2 Å². The lowest BCUT2D eigenvalue weighted by molar-refractivity contribution is -0.0235. The average Bonchev–Trinajstić information content (AvgIpc) is 2.65. The zero-order chi connectivity index (χ0) is 19.4. The van der Waals surface area contributed by atoms with Gasteiger partial charge in [0.05, 0.1) is 19.3 Å². The minimum atomic E-state index is -0.477. The second-order valence-electron chi connectivity index (χ2n) is 9.04. The fourth-order valence-corrected chi connectivity index (χ4v) is 4.67. The molecule has 2 bridgehead atoms. The lowest BCUT2D eigenvalue weighted by Crippen LogP contribution is -2.48. The standard InChI is InChI=1S/C23H36N2O2/c1-23(2)19-11-10-18(21(23)12-19)15-27-16-20(26)13-24-14-22(25(3)4)17-8-6-5-7-9-17/h5-10,19-22,24,26H,11-16H2,1-4H3/t19-,20-,21+,22+/m0/s1. The number of nitrogens with zero attached hydrogens (tertiary/aromatic N) is 1. The molecule has 0 heterocycles. The summed E-state index contributed by atoms with van der Waals surface area (Å²) in [6, 6.07) is 10.8. The fraction of sp³-hybridized carbons (Fsp3) is 0.652. The van der Waals surface area contributed by atoms with E-state index < -0.39 is 6.10 Å². The van der Waals surface area contributed by atoms with Gasteiger partial charge in [0.1, 0.15) is 0 Å². The molecule has 1 aromatic carbocycles. The molecule has 1 aromatic rings. The second-order valence-corrected chi connectivity index (χ2v) is 9.04. The van der Waals surface area contributed by atoms with E-state index in [4.69, 9.17) is 4.74 Å². The number of rotatable bonds is 10. The normalized spacial score (nSPS) is 25.6. The largest absolute Gasteiger partial charge is 0.389 e. The number of benzene rings is 1. The third-order valence-electron chi connectivity index (χ3n) is 6.69. The molecule has 3 aliphatic rings. The van der Waals surface area contributed by atoms with E-state index in [2.05, 4.69) is 68.5 Å². The van der Waals surface area contributed by atoms with Crippen molar-refractivity contribution in [2.45, 2.75) is 38.8 Å². The number of aliphatic hydroxyl groups is 1. The number of fused-ring (bicyclic) bond motifs is 1. The Morgan fingerprint density at radius 2 is 1.96 bits per heavy atom. The quantitative estimate of drug-likeness (QED) is 0.619. The zero-order valence-electron chi connectivity index (χ0n) is 17.3. The van der Waals surface area contributed by atoms with Gasteiger partial charge < -0.3 is 20.1 Å². The Balaban J connectivity index is 1.36. The van der Waals surface area contributed by atoms with Crippen molar-refractivity contribution in [3.63, 3.8) is 0 Å². The first kappa shape index (κ1) is 20.5. The minimum Gasteiger partial charge on any atom is -0.389 e. The number of hydrogen-bond acceptors (Lipinski definition) is 4. The lowest BCUT2D eigenvalue weighted by atomic mass is 9.49. The van der Waals surface area contributed by atoms with Gasteiger partial charge in [-0.05, 0) is 55.3 Å². The van der Waals surface area contributed by atoms with Crippen LogP contribution in [0.5, 0.6) is 0 Å². The van der Waals surface area contributed by atoms with Crippen molar-refractivity contribution in [2.75, 3.05) is 40.4 Å². The van der Waals surface area contributed by atoms with Crippen LogP contribution in [0.15, 0.2) is 42.0 Å². The first-order valence-electron chi connectivity index (χ1n) is 10.3. The summed E-state index contributed by atoms with van der Waals surface area (Å²) in [5, 5.41) is 13.7. The zero-order valence-corrected chi connectivity index (χ0v) is 17.3. The first-order chi connectivity index (χ1) is 12.9. The summed E-state index contributed by atoms with van der Waals surface area (Å²) in [6.07, 6.45) is 4.40. The van der Waals surface area contributed by atoms with Gasteiger partial charge in [0.2, 0.25) is 0 Å². The molecule has 0 aromatic heterocycles. The van der Waals surface area contributed by atoms with E-state index in [0.29, 0.717) is 37.1 Å². The molecule has 3 aliphatic carbocycles. The van der Waals surface area contributed by atoms with Crippen LogP contribution >= 0.6 is 0 Å². The Morgan fingerprint density at radius 1 is 1.22 bits per heavy atom. The number of ether oxygens (including phenoxy) is 1. The molecule has 0 saturated heterocycles. The topological polar surface area (TPSA) is 44.7 Å². The fourth-order valence-electron chi connectivity index (χ4n) is 4.67. The predicted molar refractivity (Wildman–Crippen MR) is 111 cm³/mol. The van der Waals surface area contributed by atoms with Crippen LogP contribution in [0.1, 0.15) is 38.3 Å². The van der Waals surface area contributed by atoms with E-state index >= 15 is 0 Å². The summed E-state index contributed by atoms with van der Waals surface area (Å²) in [4.78, 5) is 2.20. The van der Waals surface area contributed by atoms with Gasteiger partial charge >= 0.3 is 0 Å². The molecule has 4 atom stereocenters. The van der Waals surface area contributed by atoms with Gasteiger partial charge in [-0.25, -0.2) is 0 Å². The minimum absolute atomic E-state index is 0.292. The summed E-state index contributed by atoms with van der Waals surface area (Å²) in [6.45, 7) is 7.17. The van der Waals surface area contributed by atoms with E-state index in [0.717, 1.165) is 12.5 Å². The monoisotopic (exact) mass is 372 g/mol. The summed E-state index contributed by atoms with van der Waals surface area (Å²) in [5.74, 6) is 1.54. The molecule has 4 rings (SSSR count). The van der Waals surface area contributed by atoms with Crippen LogP contribution in [-0.2, 0) is 4.74 Å². The van der Waals surface area contributed by atoms with Gasteiger partial charge in [-0.2, -0.15) is 0 Å². The van der Waals surface area contributed by atoms with Gasteiger partial charge in [-0.1, -0.05) is 50.3 Å². The van der Waals surface area contributed by atoms with Gasteiger partial charge in [0.15, 0.2) is 0 Å². The second kappa shape index (κ2) is 8.87. The van der Waals surface area contributed by atoms with Crippen LogP contribution in [0.2, 0.25) is 0 Å². The van der Waals surface area contributed by atoms with Crippen LogP contribution in [0.4, 0.5) is 0 Å². The van der Waals surface area contributed by atoms with E-state index in [1.165, 1.54) is 24.0 Å². The number of aliphatic hydroxyl groups excluding tert-OH is 1. The van der Waals surface area contributed by atoms with E-state index in [-0.39, 0.29) is 0 Å². The molecule has 1 saturated carbocycles. The maximum atomic E-state index is 10.3.